The molecule has 1 fully saturated rings. The van der Waals surface area contributed by atoms with Crippen LogP contribution in [0.3, 0.4) is 0 Å². The van der Waals surface area contributed by atoms with Gasteiger partial charge < -0.3 is 10.1 Å². The first-order valence-electron chi connectivity index (χ1n) is 7.02. The number of hydrogen-bond acceptors (Lipinski definition) is 4. The molecule has 1 aromatic rings. The summed E-state index contributed by atoms with van der Waals surface area (Å²) < 4.78 is 7.43. The van der Waals surface area contributed by atoms with Crippen molar-refractivity contribution in [3.63, 3.8) is 0 Å². The number of methoxy groups -OCH3 is 1. The standard InChI is InChI=1S/C14H26N4O/c1-10-12(14(19-5)18(4)16-10)13-11(9-15-2)7-6-8-17(13)3/h11,13,15H,6-9H2,1-5H3. The van der Waals surface area contributed by atoms with Crippen LogP contribution in [0, 0.1) is 12.8 Å². The molecule has 2 rings (SSSR count). The van der Waals surface area contributed by atoms with Crippen LogP contribution in [0.2, 0.25) is 0 Å². The summed E-state index contributed by atoms with van der Waals surface area (Å²) >= 11 is 0. The van der Waals surface area contributed by atoms with Crippen molar-refractivity contribution in [2.45, 2.75) is 25.8 Å². The third kappa shape index (κ3) is 2.62. The molecule has 2 unspecified atom stereocenters. The fourth-order valence-electron chi connectivity index (χ4n) is 3.43. The highest BCUT2D eigenvalue weighted by molar-refractivity contribution is 5.35. The Kier molecular flexibility index (Phi) is 4.47. The number of likely N-dealkylation sites (tertiary alicyclic amines) is 1. The topological polar surface area (TPSA) is 42.3 Å². The summed E-state index contributed by atoms with van der Waals surface area (Å²) in [4.78, 5) is 2.44. The van der Waals surface area contributed by atoms with Crippen molar-refractivity contribution in [2.24, 2.45) is 13.0 Å². The summed E-state index contributed by atoms with van der Waals surface area (Å²) in [7, 11) is 7.92. The van der Waals surface area contributed by atoms with Gasteiger partial charge in [-0.05, 0) is 52.9 Å². The minimum absolute atomic E-state index is 0.393. The van der Waals surface area contributed by atoms with Crippen molar-refractivity contribution in [2.75, 3.05) is 34.3 Å². The minimum Gasteiger partial charge on any atom is -0.481 e. The smallest absolute Gasteiger partial charge is 0.216 e. The van der Waals surface area contributed by atoms with Crippen LogP contribution < -0.4 is 10.1 Å². The molecule has 1 aliphatic rings. The zero-order valence-corrected chi connectivity index (χ0v) is 12.7. The molecule has 0 saturated carbocycles. The molecule has 108 valence electrons. The third-order valence-corrected chi connectivity index (χ3v) is 4.18. The van der Waals surface area contributed by atoms with Gasteiger partial charge in [-0.25, -0.2) is 4.68 Å². The fourth-order valence-corrected chi connectivity index (χ4v) is 3.43. The van der Waals surface area contributed by atoms with Gasteiger partial charge in [0.05, 0.1) is 18.4 Å². The van der Waals surface area contributed by atoms with E-state index in [4.69, 9.17) is 4.74 Å². The molecule has 0 spiro atoms. The Morgan fingerprint density at radius 1 is 1.42 bits per heavy atom. The van der Waals surface area contributed by atoms with Crippen molar-refractivity contribution in [1.82, 2.24) is 20.0 Å². The molecule has 1 aromatic heterocycles. The fraction of sp³-hybridized carbons (Fsp3) is 0.786. The van der Waals surface area contributed by atoms with E-state index >= 15 is 0 Å². The van der Waals surface area contributed by atoms with Crippen molar-refractivity contribution < 1.29 is 4.74 Å². The Bertz CT molecular complexity index is 427. The van der Waals surface area contributed by atoms with Crippen LogP contribution in [0.4, 0.5) is 0 Å². The van der Waals surface area contributed by atoms with E-state index in [-0.39, 0.29) is 0 Å². The molecule has 1 N–H and O–H groups in total. The first kappa shape index (κ1) is 14.3. The van der Waals surface area contributed by atoms with Gasteiger partial charge in [-0.2, -0.15) is 5.10 Å². The summed E-state index contributed by atoms with van der Waals surface area (Å²) in [5, 5.41) is 7.86. The summed E-state index contributed by atoms with van der Waals surface area (Å²) in [5.74, 6) is 1.51. The Balaban J connectivity index is 2.40. The van der Waals surface area contributed by atoms with E-state index in [1.807, 2.05) is 18.8 Å². The van der Waals surface area contributed by atoms with E-state index in [1.165, 1.54) is 18.4 Å². The maximum absolute atomic E-state index is 5.58. The highest BCUT2D eigenvalue weighted by Crippen LogP contribution is 2.40. The molecular weight excluding hydrogens is 240 g/mol. The van der Waals surface area contributed by atoms with Gasteiger partial charge in [0.1, 0.15) is 0 Å². The number of aromatic nitrogens is 2. The molecule has 0 aromatic carbocycles. The molecule has 0 radical (unpaired) electrons. The number of ether oxygens (including phenoxy) is 1. The van der Waals surface area contributed by atoms with E-state index in [9.17, 15) is 0 Å². The summed E-state index contributed by atoms with van der Waals surface area (Å²) in [5.41, 5.74) is 2.34. The highest BCUT2D eigenvalue weighted by Gasteiger charge is 2.35. The Morgan fingerprint density at radius 2 is 2.16 bits per heavy atom. The first-order valence-corrected chi connectivity index (χ1v) is 7.02. The molecule has 5 nitrogen and oxygen atoms in total. The lowest BCUT2D eigenvalue weighted by Crippen LogP contribution is -2.40. The number of nitrogens with zero attached hydrogens (tertiary/aromatic N) is 3. The number of piperidine rings is 1. The molecule has 5 heteroatoms. The van der Waals surface area contributed by atoms with Gasteiger partial charge in [-0.3, -0.25) is 4.90 Å². The zero-order chi connectivity index (χ0) is 14.0. The maximum atomic E-state index is 5.58. The number of rotatable bonds is 4. The highest BCUT2D eigenvalue weighted by atomic mass is 16.5. The third-order valence-electron chi connectivity index (χ3n) is 4.18. The van der Waals surface area contributed by atoms with E-state index in [1.54, 1.807) is 7.11 Å². The Labute approximate surface area is 115 Å². The molecule has 19 heavy (non-hydrogen) atoms. The quantitative estimate of drug-likeness (QED) is 0.893. The molecule has 1 saturated heterocycles. The maximum Gasteiger partial charge on any atom is 0.216 e. The predicted octanol–water partition coefficient (Wildman–Crippen LogP) is 1.34. The van der Waals surface area contributed by atoms with Crippen molar-refractivity contribution in [3.8, 4) is 5.88 Å². The van der Waals surface area contributed by atoms with Gasteiger partial charge in [0.2, 0.25) is 5.88 Å². The molecule has 0 aliphatic carbocycles. The van der Waals surface area contributed by atoms with Crippen LogP contribution in [0.5, 0.6) is 5.88 Å². The van der Waals surface area contributed by atoms with E-state index in [2.05, 4.69) is 29.3 Å². The SMILES string of the molecule is CNCC1CCCN(C)C1c1c(C)nn(C)c1OC. The minimum atomic E-state index is 0.393. The van der Waals surface area contributed by atoms with E-state index in [0.717, 1.165) is 24.7 Å². The van der Waals surface area contributed by atoms with E-state index in [0.29, 0.717) is 12.0 Å². The molecule has 2 heterocycles. The van der Waals surface area contributed by atoms with Crippen LogP contribution in [0.1, 0.15) is 30.1 Å². The average Bonchev–Trinajstić information content (AvgIpc) is 2.64. The van der Waals surface area contributed by atoms with Gasteiger partial charge in [0, 0.05) is 13.1 Å². The average molecular weight is 266 g/mol. The van der Waals surface area contributed by atoms with E-state index < -0.39 is 0 Å². The zero-order valence-electron chi connectivity index (χ0n) is 12.7. The number of nitrogens with one attached hydrogen (secondary N) is 1. The lowest BCUT2D eigenvalue weighted by atomic mass is 9.85. The van der Waals surface area contributed by atoms with Gasteiger partial charge in [0.25, 0.3) is 0 Å². The normalized spacial score (nSPS) is 24.7. The predicted molar refractivity (Wildman–Crippen MR) is 76.5 cm³/mol. The summed E-state index contributed by atoms with van der Waals surface area (Å²) in [6.07, 6.45) is 2.52. The van der Waals surface area contributed by atoms with Gasteiger partial charge in [-0.15, -0.1) is 0 Å². The Morgan fingerprint density at radius 3 is 2.79 bits per heavy atom. The van der Waals surface area contributed by atoms with Crippen molar-refractivity contribution in [3.05, 3.63) is 11.3 Å². The molecule has 1 aliphatic heterocycles. The summed E-state index contributed by atoms with van der Waals surface area (Å²) in [6.45, 7) is 4.26. The largest absolute Gasteiger partial charge is 0.481 e. The lowest BCUT2D eigenvalue weighted by molar-refractivity contribution is 0.117. The Hall–Kier alpha value is -1.07. The van der Waals surface area contributed by atoms with Crippen LogP contribution >= 0.6 is 0 Å². The van der Waals surface area contributed by atoms with Crippen LogP contribution in [-0.2, 0) is 7.05 Å². The second kappa shape index (κ2) is 5.92. The van der Waals surface area contributed by atoms with Crippen LogP contribution in [0.15, 0.2) is 0 Å². The second-order valence-electron chi connectivity index (χ2n) is 5.52. The lowest BCUT2D eigenvalue weighted by Gasteiger charge is -2.39. The van der Waals surface area contributed by atoms with Crippen LogP contribution in [0.25, 0.3) is 0 Å². The number of hydrogen-bond donors (Lipinski definition) is 1. The monoisotopic (exact) mass is 266 g/mol. The van der Waals surface area contributed by atoms with Gasteiger partial charge in [-0.1, -0.05) is 0 Å². The summed E-state index contributed by atoms with van der Waals surface area (Å²) in [6, 6.07) is 0.393. The van der Waals surface area contributed by atoms with Crippen molar-refractivity contribution in [1.29, 1.82) is 0 Å². The molecular formula is C14H26N4O. The van der Waals surface area contributed by atoms with Crippen molar-refractivity contribution >= 4 is 0 Å². The number of aryl methyl sites for hydroxylation is 2. The molecule has 0 amide bonds. The molecule has 2 atom stereocenters. The van der Waals surface area contributed by atoms with Gasteiger partial charge >= 0.3 is 0 Å². The van der Waals surface area contributed by atoms with Crippen LogP contribution in [-0.4, -0.2) is 49.0 Å². The van der Waals surface area contributed by atoms with Gasteiger partial charge in [0.15, 0.2) is 0 Å². The first-order chi connectivity index (χ1) is 9.10. The second-order valence-corrected chi connectivity index (χ2v) is 5.52. The molecule has 0 bridgehead atoms.